The third-order valence-electron chi connectivity index (χ3n) is 4.68. The van der Waals surface area contributed by atoms with Crippen LogP contribution in [-0.2, 0) is 4.79 Å². The first kappa shape index (κ1) is 13.9. The molecule has 18 heavy (non-hydrogen) atoms. The van der Waals surface area contributed by atoms with Gasteiger partial charge < -0.3 is 11.1 Å². The second kappa shape index (κ2) is 6.05. The molecule has 0 heterocycles. The van der Waals surface area contributed by atoms with Crippen molar-refractivity contribution in [2.75, 3.05) is 0 Å². The molecule has 3 nitrogen and oxygen atoms in total. The minimum Gasteiger partial charge on any atom is -0.352 e. The summed E-state index contributed by atoms with van der Waals surface area (Å²) in [7, 11) is 0. The largest absolute Gasteiger partial charge is 0.352 e. The molecule has 0 bridgehead atoms. The van der Waals surface area contributed by atoms with Gasteiger partial charge in [-0.25, -0.2) is 0 Å². The van der Waals surface area contributed by atoms with Crippen LogP contribution >= 0.6 is 0 Å². The Morgan fingerprint density at radius 1 is 1.11 bits per heavy atom. The average molecular weight is 252 g/mol. The van der Waals surface area contributed by atoms with Crippen molar-refractivity contribution in [2.45, 2.75) is 82.7 Å². The van der Waals surface area contributed by atoms with E-state index in [1.807, 2.05) is 0 Å². The molecule has 0 aliphatic heterocycles. The van der Waals surface area contributed by atoms with Gasteiger partial charge in [-0.2, -0.15) is 0 Å². The molecule has 0 saturated heterocycles. The zero-order valence-corrected chi connectivity index (χ0v) is 11.7. The Kier molecular flexibility index (Phi) is 4.66. The van der Waals surface area contributed by atoms with Crippen molar-refractivity contribution in [3.8, 4) is 0 Å². The van der Waals surface area contributed by atoms with Gasteiger partial charge in [-0.05, 0) is 31.6 Å². The van der Waals surface area contributed by atoms with Crippen LogP contribution in [0, 0.1) is 5.92 Å². The molecule has 1 amide bonds. The van der Waals surface area contributed by atoms with E-state index in [9.17, 15) is 4.79 Å². The van der Waals surface area contributed by atoms with E-state index in [1.165, 1.54) is 32.1 Å². The number of rotatable bonds is 2. The predicted molar refractivity (Wildman–Crippen MR) is 74.2 cm³/mol. The van der Waals surface area contributed by atoms with Crippen LogP contribution in [0.4, 0.5) is 0 Å². The van der Waals surface area contributed by atoms with E-state index in [0.29, 0.717) is 12.0 Å². The Hall–Kier alpha value is -0.570. The molecular formula is C15H28N2O. The Labute approximate surface area is 111 Å². The van der Waals surface area contributed by atoms with Gasteiger partial charge in [0.15, 0.2) is 0 Å². The van der Waals surface area contributed by atoms with Gasteiger partial charge in [-0.15, -0.1) is 0 Å². The molecule has 2 unspecified atom stereocenters. The molecule has 2 rings (SSSR count). The van der Waals surface area contributed by atoms with Gasteiger partial charge in [-0.3, -0.25) is 4.79 Å². The van der Waals surface area contributed by atoms with Crippen molar-refractivity contribution in [2.24, 2.45) is 11.7 Å². The first-order chi connectivity index (χ1) is 8.60. The monoisotopic (exact) mass is 252 g/mol. The number of carbonyl (C=O) groups is 1. The first-order valence-electron chi connectivity index (χ1n) is 7.70. The summed E-state index contributed by atoms with van der Waals surface area (Å²) >= 11 is 0. The van der Waals surface area contributed by atoms with Crippen LogP contribution in [-0.4, -0.2) is 17.5 Å². The number of amides is 1. The van der Waals surface area contributed by atoms with E-state index in [-0.39, 0.29) is 5.91 Å². The van der Waals surface area contributed by atoms with Crippen LogP contribution in [0.3, 0.4) is 0 Å². The molecule has 2 aliphatic rings. The van der Waals surface area contributed by atoms with Gasteiger partial charge >= 0.3 is 0 Å². The lowest BCUT2D eigenvalue weighted by Crippen LogP contribution is -2.58. The van der Waals surface area contributed by atoms with E-state index in [1.54, 1.807) is 0 Å². The molecule has 2 saturated carbocycles. The van der Waals surface area contributed by atoms with Crippen LogP contribution in [0.25, 0.3) is 0 Å². The summed E-state index contributed by atoms with van der Waals surface area (Å²) in [6, 6.07) is 0.373. The van der Waals surface area contributed by atoms with E-state index in [4.69, 9.17) is 5.73 Å². The molecule has 0 aromatic carbocycles. The SMILES string of the molecule is CC1CCCC(N)(C(=O)NC2CCCCCC2)C1. The van der Waals surface area contributed by atoms with Crippen molar-refractivity contribution in [3.63, 3.8) is 0 Å². The molecule has 3 N–H and O–H groups in total. The highest BCUT2D eigenvalue weighted by atomic mass is 16.2. The van der Waals surface area contributed by atoms with Crippen LogP contribution < -0.4 is 11.1 Å². The number of nitrogens with two attached hydrogens (primary N) is 1. The molecule has 0 radical (unpaired) electrons. The lowest BCUT2D eigenvalue weighted by molar-refractivity contribution is -0.128. The standard InChI is InChI=1S/C15H28N2O/c1-12-7-6-10-15(16,11-12)14(18)17-13-8-4-2-3-5-9-13/h12-13H,2-11,16H2,1H3,(H,17,18). The highest BCUT2D eigenvalue weighted by Gasteiger charge is 2.38. The maximum absolute atomic E-state index is 12.4. The fraction of sp³-hybridized carbons (Fsp3) is 0.933. The van der Waals surface area contributed by atoms with E-state index in [0.717, 1.165) is 32.1 Å². The van der Waals surface area contributed by atoms with Gasteiger partial charge in [0, 0.05) is 6.04 Å². The minimum atomic E-state index is -0.593. The maximum atomic E-state index is 12.4. The zero-order valence-electron chi connectivity index (χ0n) is 11.7. The van der Waals surface area contributed by atoms with Crippen molar-refractivity contribution in [3.05, 3.63) is 0 Å². The number of hydrogen-bond donors (Lipinski definition) is 2. The molecule has 2 aliphatic carbocycles. The first-order valence-corrected chi connectivity index (χ1v) is 7.70. The third kappa shape index (κ3) is 3.47. The van der Waals surface area contributed by atoms with Gasteiger partial charge in [0.25, 0.3) is 0 Å². The predicted octanol–water partition coefficient (Wildman–Crippen LogP) is 2.73. The summed E-state index contributed by atoms with van der Waals surface area (Å²) in [5.74, 6) is 0.699. The van der Waals surface area contributed by atoms with Crippen LogP contribution in [0.2, 0.25) is 0 Å². The quantitative estimate of drug-likeness (QED) is 0.742. The topological polar surface area (TPSA) is 55.1 Å². The maximum Gasteiger partial charge on any atom is 0.240 e. The van der Waals surface area contributed by atoms with Gasteiger partial charge in [-0.1, -0.05) is 45.4 Å². The molecule has 104 valence electrons. The smallest absolute Gasteiger partial charge is 0.240 e. The Bertz CT molecular complexity index is 284. The van der Waals surface area contributed by atoms with Crippen molar-refractivity contribution >= 4 is 5.91 Å². The van der Waals surface area contributed by atoms with Crippen LogP contribution in [0.5, 0.6) is 0 Å². The Morgan fingerprint density at radius 2 is 1.78 bits per heavy atom. The summed E-state index contributed by atoms with van der Waals surface area (Å²) < 4.78 is 0. The summed E-state index contributed by atoms with van der Waals surface area (Å²) in [4.78, 5) is 12.4. The Balaban J connectivity index is 1.89. The molecule has 3 heteroatoms. The third-order valence-corrected chi connectivity index (χ3v) is 4.68. The molecule has 0 aromatic heterocycles. The van der Waals surface area contributed by atoms with Crippen LogP contribution in [0.15, 0.2) is 0 Å². The average Bonchev–Trinajstić information content (AvgIpc) is 2.57. The van der Waals surface area contributed by atoms with E-state index >= 15 is 0 Å². The lowest BCUT2D eigenvalue weighted by atomic mass is 9.76. The number of hydrogen-bond acceptors (Lipinski definition) is 2. The second-order valence-corrected chi connectivity index (χ2v) is 6.52. The molecule has 0 aromatic rings. The number of carbonyl (C=O) groups excluding carboxylic acids is 1. The fourth-order valence-electron chi connectivity index (χ4n) is 3.55. The molecule has 2 fully saturated rings. The Morgan fingerprint density at radius 3 is 2.39 bits per heavy atom. The highest BCUT2D eigenvalue weighted by Crippen LogP contribution is 2.31. The molecule has 2 atom stereocenters. The molecule has 0 spiro atoms. The minimum absolute atomic E-state index is 0.112. The summed E-state index contributed by atoms with van der Waals surface area (Å²) in [5.41, 5.74) is 5.74. The highest BCUT2D eigenvalue weighted by molar-refractivity contribution is 5.86. The van der Waals surface area contributed by atoms with Gasteiger partial charge in [0.1, 0.15) is 0 Å². The number of nitrogens with one attached hydrogen (secondary N) is 1. The van der Waals surface area contributed by atoms with Crippen molar-refractivity contribution in [1.29, 1.82) is 0 Å². The normalized spacial score (nSPS) is 34.9. The fourth-order valence-corrected chi connectivity index (χ4v) is 3.55. The summed E-state index contributed by atoms with van der Waals surface area (Å²) in [5, 5.41) is 3.23. The van der Waals surface area contributed by atoms with Crippen molar-refractivity contribution in [1.82, 2.24) is 5.32 Å². The van der Waals surface area contributed by atoms with Crippen molar-refractivity contribution < 1.29 is 4.79 Å². The van der Waals surface area contributed by atoms with Gasteiger partial charge in [0.05, 0.1) is 5.54 Å². The lowest BCUT2D eigenvalue weighted by Gasteiger charge is -2.36. The van der Waals surface area contributed by atoms with E-state index < -0.39 is 5.54 Å². The zero-order chi connectivity index (χ0) is 13.0. The second-order valence-electron chi connectivity index (χ2n) is 6.52. The van der Waals surface area contributed by atoms with E-state index in [2.05, 4.69) is 12.2 Å². The van der Waals surface area contributed by atoms with Gasteiger partial charge in [0.2, 0.25) is 5.91 Å². The molecular weight excluding hydrogens is 224 g/mol. The summed E-state index contributed by atoms with van der Waals surface area (Å²) in [6.45, 7) is 2.21. The summed E-state index contributed by atoms with van der Waals surface area (Å²) in [6.07, 6.45) is 11.4. The van der Waals surface area contributed by atoms with Crippen LogP contribution in [0.1, 0.15) is 71.1 Å².